The predicted molar refractivity (Wildman–Crippen MR) is 158 cm³/mol. The van der Waals surface area contributed by atoms with Crippen molar-refractivity contribution in [1.29, 1.82) is 0 Å². The van der Waals surface area contributed by atoms with Crippen LogP contribution < -0.4 is 10.1 Å². The Kier molecular flexibility index (Phi) is 7.04. The Hall–Kier alpha value is -4.92. The van der Waals surface area contributed by atoms with Crippen LogP contribution in [-0.4, -0.2) is 35.8 Å². The highest BCUT2D eigenvalue weighted by Gasteiger charge is 2.48. The molecular formula is C34H29F2N3O4. The van der Waals surface area contributed by atoms with Crippen LogP contribution in [0.3, 0.4) is 0 Å². The van der Waals surface area contributed by atoms with E-state index in [-0.39, 0.29) is 40.1 Å². The highest BCUT2D eigenvalue weighted by molar-refractivity contribution is 6.12. The van der Waals surface area contributed by atoms with E-state index in [0.29, 0.717) is 33.8 Å². The molecule has 0 spiro atoms. The number of aryl methyl sites for hydroxylation is 2. The number of aromatic nitrogens is 2. The quantitative estimate of drug-likeness (QED) is 0.196. The van der Waals surface area contributed by atoms with Crippen molar-refractivity contribution < 1.29 is 27.5 Å². The van der Waals surface area contributed by atoms with Crippen LogP contribution in [0, 0.1) is 25.5 Å². The third-order valence-electron chi connectivity index (χ3n) is 8.10. The molecule has 2 heterocycles. The fourth-order valence-corrected chi connectivity index (χ4v) is 5.56. The van der Waals surface area contributed by atoms with Gasteiger partial charge in [0.05, 0.1) is 23.6 Å². The molecule has 1 amide bonds. The molecule has 218 valence electrons. The van der Waals surface area contributed by atoms with Crippen LogP contribution in [0.25, 0.3) is 33.4 Å². The second-order valence-electron chi connectivity index (χ2n) is 11.0. The van der Waals surface area contributed by atoms with Gasteiger partial charge in [0.25, 0.3) is 5.91 Å². The number of halogens is 2. The van der Waals surface area contributed by atoms with Gasteiger partial charge in [-0.1, -0.05) is 0 Å². The Labute approximate surface area is 246 Å². The van der Waals surface area contributed by atoms with E-state index in [1.807, 2.05) is 6.92 Å². The van der Waals surface area contributed by atoms with E-state index in [9.17, 15) is 14.0 Å². The standard InChI is InChI=1S/C34H29F2N3O4/c1-18-16-38-33(39-17-18)34(11-12-34)15-25(40)24-14-23(19(2)13-27(24)42-4)22-9-10-26-28(30(22)36)29(32(41)37-3)31(43-26)20-5-7-21(35)8-6-20/h5-10,13-14,16-17H,11-12,15H2,1-4H3,(H,37,41). The number of amides is 1. The molecule has 43 heavy (non-hydrogen) atoms. The van der Waals surface area contributed by atoms with Crippen molar-refractivity contribution in [2.24, 2.45) is 0 Å². The normalized spacial score (nSPS) is 13.6. The Morgan fingerprint density at radius 1 is 1.00 bits per heavy atom. The van der Waals surface area contributed by atoms with Crippen molar-refractivity contribution in [3.8, 4) is 28.2 Å². The number of methoxy groups -OCH3 is 1. The van der Waals surface area contributed by atoms with Crippen LogP contribution in [0.15, 0.2) is 65.3 Å². The average molecular weight is 582 g/mol. The molecule has 1 aliphatic carbocycles. The first-order valence-corrected chi connectivity index (χ1v) is 13.9. The highest BCUT2D eigenvalue weighted by Crippen LogP contribution is 2.50. The van der Waals surface area contributed by atoms with Gasteiger partial charge in [0.2, 0.25) is 0 Å². The monoisotopic (exact) mass is 581 g/mol. The van der Waals surface area contributed by atoms with Crippen LogP contribution in [0.5, 0.6) is 5.75 Å². The minimum absolute atomic E-state index is 0.000282. The van der Waals surface area contributed by atoms with E-state index >= 15 is 4.39 Å². The number of carbonyl (C=O) groups excluding carboxylic acids is 2. The van der Waals surface area contributed by atoms with Gasteiger partial charge in [0.1, 0.15) is 34.6 Å². The second-order valence-corrected chi connectivity index (χ2v) is 11.0. The molecule has 2 aromatic heterocycles. The molecule has 6 rings (SSSR count). The minimum atomic E-state index is -0.674. The van der Waals surface area contributed by atoms with Crippen molar-refractivity contribution in [2.45, 2.75) is 38.5 Å². The molecule has 1 saturated carbocycles. The molecule has 0 bridgehead atoms. The highest BCUT2D eigenvalue weighted by atomic mass is 19.1. The van der Waals surface area contributed by atoms with Crippen LogP contribution in [0.4, 0.5) is 8.78 Å². The summed E-state index contributed by atoms with van der Waals surface area (Å²) in [5.41, 5.74) is 2.78. The van der Waals surface area contributed by atoms with Gasteiger partial charge in [-0.2, -0.15) is 0 Å². The van der Waals surface area contributed by atoms with Crippen LogP contribution >= 0.6 is 0 Å². The number of furan rings is 1. The fraction of sp³-hybridized carbons (Fsp3) is 0.235. The van der Waals surface area contributed by atoms with Gasteiger partial charge in [-0.25, -0.2) is 18.7 Å². The van der Waals surface area contributed by atoms with Gasteiger partial charge >= 0.3 is 0 Å². The van der Waals surface area contributed by atoms with Gasteiger partial charge in [0, 0.05) is 42.4 Å². The number of benzene rings is 3. The Morgan fingerprint density at radius 2 is 1.70 bits per heavy atom. The van der Waals surface area contributed by atoms with E-state index < -0.39 is 23.0 Å². The molecule has 0 saturated heterocycles. The number of nitrogens with one attached hydrogen (secondary N) is 1. The number of nitrogens with zero attached hydrogens (tertiary/aromatic N) is 2. The van der Waals surface area contributed by atoms with Crippen molar-refractivity contribution >= 4 is 22.7 Å². The van der Waals surface area contributed by atoms with Gasteiger partial charge < -0.3 is 14.5 Å². The molecule has 7 nitrogen and oxygen atoms in total. The van der Waals surface area contributed by atoms with E-state index in [2.05, 4.69) is 15.3 Å². The molecule has 0 radical (unpaired) electrons. The summed E-state index contributed by atoms with van der Waals surface area (Å²) in [4.78, 5) is 35.7. The zero-order valence-electron chi connectivity index (χ0n) is 24.2. The van der Waals surface area contributed by atoms with Gasteiger partial charge in [0.15, 0.2) is 5.78 Å². The van der Waals surface area contributed by atoms with Crippen molar-refractivity contribution in [3.05, 3.63) is 101 Å². The third-order valence-corrected chi connectivity index (χ3v) is 8.10. The Balaban J connectivity index is 1.45. The maximum absolute atomic E-state index is 16.5. The fourth-order valence-electron chi connectivity index (χ4n) is 5.56. The number of carbonyl (C=O) groups is 2. The van der Waals surface area contributed by atoms with Crippen molar-refractivity contribution in [3.63, 3.8) is 0 Å². The smallest absolute Gasteiger partial charge is 0.255 e. The summed E-state index contributed by atoms with van der Waals surface area (Å²) in [7, 11) is 2.93. The van der Waals surface area contributed by atoms with Crippen molar-refractivity contribution in [1.82, 2.24) is 15.3 Å². The first kappa shape index (κ1) is 28.2. The minimum Gasteiger partial charge on any atom is -0.496 e. The molecule has 0 unspecified atom stereocenters. The summed E-state index contributed by atoms with van der Waals surface area (Å²) in [6, 6.07) is 11.9. The molecular weight excluding hydrogens is 552 g/mol. The lowest BCUT2D eigenvalue weighted by molar-refractivity contribution is 0.0956. The predicted octanol–water partition coefficient (Wildman–Crippen LogP) is 7.12. The number of ketones is 1. The number of fused-ring (bicyclic) bond motifs is 1. The molecule has 3 aromatic carbocycles. The van der Waals surface area contributed by atoms with E-state index in [0.717, 1.165) is 18.4 Å². The second kappa shape index (κ2) is 10.7. The molecule has 1 aliphatic rings. The van der Waals surface area contributed by atoms with Gasteiger partial charge in [-0.05, 0) is 91.9 Å². The lowest BCUT2D eigenvalue weighted by Crippen LogP contribution is -2.18. The summed E-state index contributed by atoms with van der Waals surface area (Å²) in [5, 5.41) is 2.54. The zero-order valence-corrected chi connectivity index (χ0v) is 24.2. The maximum Gasteiger partial charge on any atom is 0.255 e. The van der Waals surface area contributed by atoms with Crippen LogP contribution in [0.1, 0.15) is 56.9 Å². The summed E-state index contributed by atoms with van der Waals surface area (Å²) in [6.07, 6.45) is 5.29. The van der Waals surface area contributed by atoms with Crippen LogP contribution in [0.2, 0.25) is 0 Å². The maximum atomic E-state index is 16.5. The van der Waals surface area contributed by atoms with E-state index in [1.165, 1.54) is 38.4 Å². The summed E-state index contributed by atoms with van der Waals surface area (Å²) < 4.78 is 41.6. The van der Waals surface area contributed by atoms with Gasteiger partial charge in [-0.15, -0.1) is 0 Å². The Morgan fingerprint density at radius 3 is 2.33 bits per heavy atom. The molecule has 1 fully saturated rings. The average Bonchev–Trinajstić information content (AvgIpc) is 3.67. The lowest BCUT2D eigenvalue weighted by atomic mass is 9.90. The molecule has 0 atom stereocenters. The van der Waals surface area contributed by atoms with Crippen LogP contribution in [-0.2, 0) is 5.41 Å². The number of rotatable bonds is 8. The number of ether oxygens (including phenoxy) is 1. The van der Waals surface area contributed by atoms with E-state index in [1.54, 1.807) is 43.6 Å². The lowest BCUT2D eigenvalue weighted by Gasteiger charge is -2.17. The first-order valence-electron chi connectivity index (χ1n) is 13.9. The SMILES string of the molecule is CNC(=O)c1c(-c2ccc(F)cc2)oc2ccc(-c3cc(C(=O)CC4(c5ncc(C)cn5)CC4)c(OC)cc3C)c(F)c12. The molecule has 0 aliphatic heterocycles. The largest absolute Gasteiger partial charge is 0.496 e. The molecule has 5 aromatic rings. The summed E-state index contributed by atoms with van der Waals surface area (Å²) >= 11 is 0. The molecule has 9 heteroatoms. The first-order chi connectivity index (χ1) is 20.7. The number of hydrogen-bond acceptors (Lipinski definition) is 6. The zero-order chi connectivity index (χ0) is 30.5. The summed E-state index contributed by atoms with van der Waals surface area (Å²) in [6.45, 7) is 3.71. The Bertz CT molecular complexity index is 1890. The van der Waals surface area contributed by atoms with Gasteiger partial charge in [-0.3, -0.25) is 9.59 Å². The third kappa shape index (κ3) is 4.94. The van der Waals surface area contributed by atoms with E-state index in [4.69, 9.17) is 9.15 Å². The van der Waals surface area contributed by atoms with Crippen molar-refractivity contribution in [2.75, 3.05) is 14.2 Å². The summed E-state index contributed by atoms with van der Waals surface area (Å²) in [5.74, 6) is -0.672. The molecule has 1 N–H and O–H groups in total. The number of Topliss-reactive ketones (excluding diaryl/α,β-unsaturated/α-hetero) is 1. The number of hydrogen-bond donors (Lipinski definition) is 1. The topological polar surface area (TPSA) is 94.3 Å².